The molecule has 9 nitrogen and oxygen atoms in total. The van der Waals surface area contributed by atoms with Crippen molar-refractivity contribution in [3.63, 3.8) is 0 Å². The maximum atomic E-state index is 12.2. The minimum absolute atomic E-state index is 0.0982. The maximum Gasteiger partial charge on any atom is 0.490 e. The maximum absolute atomic E-state index is 12.2. The summed E-state index contributed by atoms with van der Waals surface area (Å²) in [5.74, 6) is -4.70. The third kappa shape index (κ3) is 10.5. The van der Waals surface area contributed by atoms with Crippen LogP contribution in [0.1, 0.15) is 37.7 Å². The number of aliphatic carboxylic acids is 2. The number of carbonyl (C=O) groups is 3. The normalized spacial score (nSPS) is 23.5. The molecular formula is C22H27F6N3O6. The molecule has 2 saturated heterocycles. The molecule has 1 aliphatic carbocycles. The third-order valence-corrected chi connectivity index (χ3v) is 5.81. The first-order chi connectivity index (χ1) is 17.2. The van der Waals surface area contributed by atoms with Gasteiger partial charge in [0.25, 0.3) is 0 Å². The molecule has 1 saturated carbocycles. The first-order valence-electron chi connectivity index (χ1n) is 11.3. The van der Waals surface area contributed by atoms with E-state index in [4.69, 9.17) is 24.5 Å². The van der Waals surface area contributed by atoms with Crippen molar-refractivity contribution < 1.29 is 55.7 Å². The molecule has 3 heterocycles. The number of carboxylic acids is 2. The topological polar surface area (TPSA) is 129 Å². The van der Waals surface area contributed by atoms with Crippen molar-refractivity contribution in [1.82, 2.24) is 15.2 Å². The lowest BCUT2D eigenvalue weighted by Crippen LogP contribution is -2.47. The molecule has 37 heavy (non-hydrogen) atoms. The van der Waals surface area contributed by atoms with Crippen molar-refractivity contribution in [2.24, 2.45) is 5.92 Å². The van der Waals surface area contributed by atoms with Gasteiger partial charge >= 0.3 is 24.3 Å². The number of pyridine rings is 1. The van der Waals surface area contributed by atoms with Crippen LogP contribution >= 0.6 is 0 Å². The van der Waals surface area contributed by atoms with Gasteiger partial charge in [0.1, 0.15) is 6.10 Å². The van der Waals surface area contributed by atoms with Crippen LogP contribution in [-0.2, 0) is 25.7 Å². The van der Waals surface area contributed by atoms with Gasteiger partial charge in [0.15, 0.2) is 0 Å². The fraction of sp³-hybridized carbons (Fsp3) is 0.636. The highest BCUT2D eigenvalue weighted by Gasteiger charge is 2.42. The molecule has 0 spiro atoms. The van der Waals surface area contributed by atoms with Crippen molar-refractivity contribution in [1.29, 1.82) is 0 Å². The Morgan fingerprint density at radius 1 is 1.00 bits per heavy atom. The summed E-state index contributed by atoms with van der Waals surface area (Å²) >= 11 is 0. The molecule has 0 aromatic carbocycles. The molecule has 3 aliphatic rings. The van der Waals surface area contributed by atoms with Crippen LogP contribution < -0.4 is 5.32 Å². The van der Waals surface area contributed by atoms with Crippen LogP contribution in [0.3, 0.4) is 0 Å². The van der Waals surface area contributed by atoms with Crippen LogP contribution in [0, 0.1) is 5.92 Å². The molecule has 3 fully saturated rings. The summed E-state index contributed by atoms with van der Waals surface area (Å²) in [5.41, 5.74) is 1.25. The van der Waals surface area contributed by atoms with Crippen molar-refractivity contribution >= 4 is 17.8 Å². The van der Waals surface area contributed by atoms with Gasteiger partial charge in [-0.2, -0.15) is 26.3 Å². The van der Waals surface area contributed by atoms with E-state index in [9.17, 15) is 31.1 Å². The Kier molecular flexibility index (Phi) is 10.7. The van der Waals surface area contributed by atoms with Crippen molar-refractivity contribution in [3.05, 3.63) is 30.1 Å². The van der Waals surface area contributed by atoms with Crippen molar-refractivity contribution in [3.8, 4) is 0 Å². The Labute approximate surface area is 207 Å². The van der Waals surface area contributed by atoms with Crippen LogP contribution in [0.25, 0.3) is 0 Å². The fourth-order valence-electron chi connectivity index (χ4n) is 3.81. The number of nitrogens with one attached hydrogen (secondary N) is 1. The zero-order chi connectivity index (χ0) is 27.8. The van der Waals surface area contributed by atoms with Gasteiger partial charge < -0.3 is 20.3 Å². The number of likely N-dealkylation sites (tertiary alicyclic amines) is 1. The number of carboxylic acid groups (broad SMARTS) is 2. The minimum atomic E-state index is -5.08. The highest BCUT2D eigenvalue weighted by atomic mass is 19.4. The first-order valence-corrected chi connectivity index (χ1v) is 11.3. The van der Waals surface area contributed by atoms with E-state index in [1.54, 1.807) is 0 Å². The summed E-state index contributed by atoms with van der Waals surface area (Å²) < 4.78 is 69.6. The minimum Gasteiger partial charge on any atom is -0.475 e. The number of halogens is 6. The summed E-state index contributed by atoms with van der Waals surface area (Å²) in [6.45, 7) is 2.80. The number of ether oxygens (including phenoxy) is 1. The van der Waals surface area contributed by atoms with Crippen LogP contribution in [0.15, 0.2) is 24.5 Å². The van der Waals surface area contributed by atoms with Crippen LogP contribution in [0.2, 0.25) is 0 Å². The number of alkyl halides is 6. The Hall–Kier alpha value is -2.94. The molecule has 208 valence electrons. The number of hydrogen-bond donors (Lipinski definition) is 3. The van der Waals surface area contributed by atoms with Gasteiger partial charge in [0.2, 0.25) is 5.91 Å². The average Bonchev–Trinajstić information content (AvgIpc) is 3.57. The number of rotatable bonds is 5. The number of aromatic nitrogens is 1. The Morgan fingerprint density at radius 3 is 2.08 bits per heavy atom. The molecule has 1 amide bonds. The van der Waals surface area contributed by atoms with Crippen LogP contribution in [0.4, 0.5) is 26.3 Å². The number of amides is 1. The molecule has 0 unspecified atom stereocenters. The molecule has 3 N–H and O–H groups in total. The highest BCUT2D eigenvalue weighted by Crippen LogP contribution is 2.33. The van der Waals surface area contributed by atoms with Crippen LogP contribution in [-0.4, -0.2) is 81.6 Å². The summed E-state index contributed by atoms with van der Waals surface area (Å²) in [6, 6.07) is 4.56. The highest BCUT2D eigenvalue weighted by molar-refractivity contribution is 5.80. The van der Waals surface area contributed by atoms with E-state index in [0.717, 1.165) is 44.8 Å². The zero-order valence-corrected chi connectivity index (χ0v) is 19.5. The van der Waals surface area contributed by atoms with Gasteiger partial charge in [0.05, 0.1) is 6.10 Å². The fourth-order valence-corrected chi connectivity index (χ4v) is 3.81. The second-order valence-corrected chi connectivity index (χ2v) is 8.72. The smallest absolute Gasteiger partial charge is 0.475 e. The van der Waals surface area contributed by atoms with Gasteiger partial charge in [-0.05, 0) is 49.7 Å². The van der Waals surface area contributed by atoms with E-state index in [1.165, 1.54) is 18.4 Å². The van der Waals surface area contributed by atoms with Gasteiger partial charge in [-0.15, -0.1) is 0 Å². The molecule has 1 aromatic heterocycles. The Morgan fingerprint density at radius 2 is 1.59 bits per heavy atom. The molecule has 15 heteroatoms. The van der Waals surface area contributed by atoms with E-state index in [2.05, 4.69) is 21.3 Å². The van der Waals surface area contributed by atoms with E-state index < -0.39 is 24.3 Å². The summed E-state index contributed by atoms with van der Waals surface area (Å²) in [7, 11) is 0. The van der Waals surface area contributed by atoms with Gasteiger partial charge in [-0.25, -0.2) is 9.59 Å². The van der Waals surface area contributed by atoms with E-state index in [0.29, 0.717) is 6.04 Å². The molecule has 0 radical (unpaired) electrons. The SMILES string of the molecule is O=C(NCC1CC1)[C@H]1CC[C@@H]2[C@@H](CCN2Cc2cccnc2)O1.O=C(O)C(F)(F)F.O=C(O)C(F)(F)F. The van der Waals surface area contributed by atoms with E-state index in [-0.39, 0.29) is 18.1 Å². The Balaban J connectivity index is 0.000000286. The number of hydrogen-bond acceptors (Lipinski definition) is 6. The van der Waals surface area contributed by atoms with Crippen molar-refractivity contribution in [2.45, 2.75) is 69.3 Å². The standard InChI is InChI=1S/C18H25N3O2.2C2HF3O2/c22-18(20-11-13-3-4-13)17-6-5-15-16(23-17)7-9-21(15)12-14-2-1-8-19-10-14;2*3-2(4,5)1(6)7/h1-2,8,10,13,15-17H,3-7,9,11-12H2,(H,20,22);2*(H,6,7)/t15-,16-,17-;;/m1../s1. The number of carbonyl (C=O) groups excluding carboxylic acids is 1. The first kappa shape index (κ1) is 30.3. The zero-order valence-electron chi connectivity index (χ0n) is 19.5. The molecule has 3 atom stereocenters. The molecular weight excluding hydrogens is 516 g/mol. The monoisotopic (exact) mass is 543 g/mol. The predicted molar refractivity (Wildman–Crippen MR) is 114 cm³/mol. The van der Waals surface area contributed by atoms with E-state index in [1.807, 2.05) is 18.5 Å². The summed E-state index contributed by atoms with van der Waals surface area (Å²) in [4.78, 5) is 36.7. The van der Waals surface area contributed by atoms with Crippen LogP contribution in [0.5, 0.6) is 0 Å². The van der Waals surface area contributed by atoms with Gasteiger partial charge in [-0.3, -0.25) is 14.7 Å². The van der Waals surface area contributed by atoms with Gasteiger partial charge in [-0.1, -0.05) is 6.07 Å². The predicted octanol–water partition coefficient (Wildman–Crippen LogP) is 3.00. The average molecular weight is 543 g/mol. The second kappa shape index (κ2) is 13.0. The van der Waals surface area contributed by atoms with Crippen molar-refractivity contribution in [2.75, 3.05) is 13.1 Å². The third-order valence-electron chi connectivity index (χ3n) is 5.81. The summed E-state index contributed by atoms with van der Waals surface area (Å²) in [5, 5.41) is 17.3. The lowest BCUT2D eigenvalue weighted by atomic mass is 9.98. The van der Waals surface area contributed by atoms with E-state index >= 15 is 0 Å². The quantitative estimate of drug-likeness (QED) is 0.484. The lowest BCUT2D eigenvalue weighted by Gasteiger charge is -2.35. The number of nitrogens with zero attached hydrogens (tertiary/aromatic N) is 2. The molecule has 0 bridgehead atoms. The largest absolute Gasteiger partial charge is 0.490 e. The molecule has 2 aliphatic heterocycles. The summed E-state index contributed by atoms with van der Waals surface area (Å²) in [6.07, 6.45) is -1.02. The molecule has 4 rings (SSSR count). The molecule has 1 aromatic rings. The number of fused-ring (bicyclic) bond motifs is 1. The Bertz CT molecular complexity index is 886. The second-order valence-electron chi connectivity index (χ2n) is 8.72. The van der Waals surface area contributed by atoms with Gasteiger partial charge in [0, 0.05) is 38.1 Å². The lowest BCUT2D eigenvalue weighted by molar-refractivity contribution is -0.193.